The van der Waals surface area contributed by atoms with Crippen molar-refractivity contribution in [1.82, 2.24) is 19.8 Å². The number of nitrogens with zero attached hydrogens (tertiary/aromatic N) is 3. The first-order chi connectivity index (χ1) is 14.6. The normalized spacial score (nSPS) is 15.9. The first-order valence-corrected chi connectivity index (χ1v) is 10.4. The quantitative estimate of drug-likeness (QED) is 0.651. The van der Waals surface area contributed by atoms with Crippen molar-refractivity contribution in [2.45, 2.75) is 19.4 Å². The van der Waals surface area contributed by atoms with Crippen LogP contribution in [-0.2, 0) is 16.0 Å². The van der Waals surface area contributed by atoms with Gasteiger partial charge in [0.1, 0.15) is 17.7 Å². The molecule has 0 bridgehead atoms. The molecule has 4 rings (SSSR count). The molecule has 3 aromatic rings. The third-order valence-electron chi connectivity index (χ3n) is 5.57. The van der Waals surface area contributed by atoms with Gasteiger partial charge in [-0.05, 0) is 30.7 Å². The van der Waals surface area contributed by atoms with E-state index in [0.29, 0.717) is 24.4 Å². The summed E-state index contributed by atoms with van der Waals surface area (Å²) in [5.74, 6) is 0.344. The number of benzene rings is 2. The minimum absolute atomic E-state index is 0.0683. The van der Waals surface area contributed by atoms with Gasteiger partial charge in [0.25, 0.3) is 0 Å². The van der Waals surface area contributed by atoms with Crippen molar-refractivity contribution in [2.75, 3.05) is 39.4 Å². The number of fused-ring (bicyclic) bond motifs is 1. The Hall–Kier alpha value is -2.77. The van der Waals surface area contributed by atoms with E-state index >= 15 is 0 Å². The highest BCUT2D eigenvalue weighted by Crippen LogP contribution is 2.24. The van der Waals surface area contributed by atoms with Crippen molar-refractivity contribution < 1.29 is 13.9 Å². The molecule has 1 amide bonds. The van der Waals surface area contributed by atoms with E-state index in [1.54, 1.807) is 12.1 Å². The van der Waals surface area contributed by atoms with E-state index in [1.165, 1.54) is 6.07 Å². The monoisotopic (exact) mass is 410 g/mol. The lowest BCUT2D eigenvalue weighted by Crippen LogP contribution is -2.42. The van der Waals surface area contributed by atoms with Crippen molar-refractivity contribution in [3.05, 3.63) is 65.7 Å². The van der Waals surface area contributed by atoms with Gasteiger partial charge in [0.15, 0.2) is 0 Å². The van der Waals surface area contributed by atoms with Crippen molar-refractivity contribution in [2.24, 2.45) is 0 Å². The number of aromatic nitrogens is 2. The predicted molar refractivity (Wildman–Crippen MR) is 114 cm³/mol. The van der Waals surface area contributed by atoms with Gasteiger partial charge in [-0.3, -0.25) is 9.69 Å². The fraction of sp³-hybridized carbons (Fsp3) is 0.391. The van der Waals surface area contributed by atoms with Gasteiger partial charge < -0.3 is 14.6 Å². The summed E-state index contributed by atoms with van der Waals surface area (Å²) in [6.45, 7) is 6.51. The van der Waals surface area contributed by atoms with Crippen LogP contribution < -0.4 is 5.32 Å². The molecule has 0 radical (unpaired) electrons. The lowest BCUT2D eigenvalue weighted by atomic mass is 10.1. The molecule has 2 aromatic carbocycles. The van der Waals surface area contributed by atoms with Crippen molar-refractivity contribution in [1.29, 1.82) is 0 Å². The Morgan fingerprint density at radius 2 is 1.90 bits per heavy atom. The SMILES string of the molecule is CC(C(=O)NCCN1CCOCC1)n1c(Cc2ccccc2F)nc2ccccc21. The molecule has 2 heterocycles. The van der Waals surface area contributed by atoms with Crippen LogP contribution in [0.3, 0.4) is 0 Å². The zero-order valence-corrected chi connectivity index (χ0v) is 17.2. The van der Waals surface area contributed by atoms with Crippen molar-refractivity contribution in [3.8, 4) is 0 Å². The number of hydrogen-bond donors (Lipinski definition) is 1. The molecule has 7 heteroatoms. The maximum Gasteiger partial charge on any atom is 0.242 e. The van der Waals surface area contributed by atoms with E-state index < -0.39 is 6.04 Å². The van der Waals surface area contributed by atoms with Crippen LogP contribution in [-0.4, -0.2) is 59.8 Å². The van der Waals surface area contributed by atoms with Gasteiger partial charge >= 0.3 is 0 Å². The molecule has 1 atom stereocenters. The van der Waals surface area contributed by atoms with Crippen LogP contribution in [0.1, 0.15) is 24.4 Å². The molecule has 1 saturated heterocycles. The van der Waals surface area contributed by atoms with Gasteiger partial charge in [-0.15, -0.1) is 0 Å². The van der Waals surface area contributed by atoms with Crippen molar-refractivity contribution >= 4 is 16.9 Å². The third kappa shape index (κ3) is 4.52. The minimum Gasteiger partial charge on any atom is -0.379 e. The number of para-hydroxylation sites is 2. The number of ether oxygens (including phenoxy) is 1. The molecular weight excluding hydrogens is 383 g/mol. The number of carbonyl (C=O) groups is 1. The van der Waals surface area contributed by atoms with Crippen molar-refractivity contribution in [3.63, 3.8) is 0 Å². The van der Waals surface area contributed by atoms with Gasteiger partial charge in [-0.1, -0.05) is 30.3 Å². The molecule has 158 valence electrons. The number of morpholine rings is 1. The zero-order valence-electron chi connectivity index (χ0n) is 17.2. The van der Waals surface area contributed by atoms with Crippen LogP contribution in [0.25, 0.3) is 11.0 Å². The fourth-order valence-electron chi connectivity index (χ4n) is 3.89. The molecule has 1 unspecified atom stereocenters. The van der Waals surface area contributed by atoms with Crippen LogP contribution in [0.5, 0.6) is 0 Å². The second-order valence-electron chi connectivity index (χ2n) is 7.58. The molecule has 0 saturated carbocycles. The summed E-state index contributed by atoms with van der Waals surface area (Å²) in [4.78, 5) is 19.9. The summed E-state index contributed by atoms with van der Waals surface area (Å²) in [7, 11) is 0. The Balaban J connectivity index is 1.52. The van der Waals surface area contributed by atoms with E-state index in [0.717, 1.165) is 43.9 Å². The highest BCUT2D eigenvalue weighted by molar-refractivity contribution is 5.84. The molecule has 0 aliphatic carbocycles. The predicted octanol–water partition coefficient (Wildman–Crippen LogP) is 2.78. The average Bonchev–Trinajstić information content (AvgIpc) is 3.13. The molecule has 1 aliphatic rings. The summed E-state index contributed by atoms with van der Waals surface area (Å²) < 4.78 is 21.5. The molecule has 0 spiro atoms. The molecule has 1 aromatic heterocycles. The van der Waals surface area contributed by atoms with Gasteiger partial charge in [0.05, 0.1) is 24.2 Å². The number of imidazole rings is 1. The summed E-state index contributed by atoms with van der Waals surface area (Å²) >= 11 is 0. The Bertz CT molecular complexity index is 1010. The van der Waals surface area contributed by atoms with E-state index in [1.807, 2.05) is 41.8 Å². The smallest absolute Gasteiger partial charge is 0.242 e. The molecule has 1 fully saturated rings. The summed E-state index contributed by atoms with van der Waals surface area (Å²) in [6, 6.07) is 13.9. The number of nitrogens with one attached hydrogen (secondary N) is 1. The van der Waals surface area contributed by atoms with Gasteiger partial charge in [-0.2, -0.15) is 0 Å². The number of hydrogen-bond acceptors (Lipinski definition) is 4. The maximum atomic E-state index is 14.2. The Labute approximate surface area is 175 Å². The zero-order chi connectivity index (χ0) is 20.9. The molecule has 1 aliphatic heterocycles. The highest BCUT2D eigenvalue weighted by atomic mass is 19.1. The largest absolute Gasteiger partial charge is 0.379 e. The minimum atomic E-state index is -0.455. The Morgan fingerprint density at radius 3 is 2.70 bits per heavy atom. The summed E-state index contributed by atoms with van der Waals surface area (Å²) in [5, 5.41) is 3.04. The molecule has 30 heavy (non-hydrogen) atoms. The van der Waals surface area contributed by atoms with Gasteiger partial charge in [0, 0.05) is 32.6 Å². The van der Waals surface area contributed by atoms with Crippen LogP contribution in [0, 0.1) is 5.82 Å². The standard InChI is InChI=1S/C23H27FN4O2/c1-17(23(29)25-10-11-27-12-14-30-15-13-27)28-21-9-5-4-8-20(21)26-22(28)16-18-6-2-3-7-19(18)24/h2-9,17H,10-16H2,1H3,(H,25,29). The topological polar surface area (TPSA) is 59.4 Å². The van der Waals surface area contributed by atoms with E-state index in [9.17, 15) is 9.18 Å². The van der Waals surface area contributed by atoms with E-state index in [4.69, 9.17) is 9.72 Å². The number of carbonyl (C=O) groups excluding carboxylic acids is 1. The lowest BCUT2D eigenvalue weighted by Gasteiger charge is -2.26. The highest BCUT2D eigenvalue weighted by Gasteiger charge is 2.22. The van der Waals surface area contributed by atoms with Crippen LogP contribution in [0.15, 0.2) is 48.5 Å². The first kappa shape index (κ1) is 20.5. The van der Waals surface area contributed by atoms with Gasteiger partial charge in [0.2, 0.25) is 5.91 Å². The van der Waals surface area contributed by atoms with Crippen LogP contribution >= 0.6 is 0 Å². The fourth-order valence-corrected chi connectivity index (χ4v) is 3.89. The number of halogens is 1. The lowest BCUT2D eigenvalue weighted by molar-refractivity contribution is -0.123. The van der Waals surface area contributed by atoms with Crippen LogP contribution in [0.4, 0.5) is 4.39 Å². The Kier molecular flexibility index (Phi) is 6.40. The first-order valence-electron chi connectivity index (χ1n) is 10.4. The number of amides is 1. The Morgan fingerprint density at radius 1 is 1.17 bits per heavy atom. The second kappa shape index (κ2) is 9.36. The van der Waals surface area contributed by atoms with E-state index in [-0.39, 0.29) is 11.7 Å². The third-order valence-corrected chi connectivity index (χ3v) is 5.57. The van der Waals surface area contributed by atoms with Crippen LogP contribution in [0.2, 0.25) is 0 Å². The molecular formula is C23H27FN4O2. The second-order valence-corrected chi connectivity index (χ2v) is 7.58. The summed E-state index contributed by atoms with van der Waals surface area (Å²) in [6.07, 6.45) is 0.326. The average molecular weight is 410 g/mol. The maximum absolute atomic E-state index is 14.2. The summed E-state index contributed by atoms with van der Waals surface area (Å²) in [5.41, 5.74) is 2.24. The van der Waals surface area contributed by atoms with E-state index in [2.05, 4.69) is 10.2 Å². The molecule has 6 nitrogen and oxygen atoms in total. The molecule has 1 N–H and O–H groups in total. The number of rotatable bonds is 7. The van der Waals surface area contributed by atoms with Gasteiger partial charge in [-0.25, -0.2) is 9.37 Å².